The Morgan fingerprint density at radius 3 is 2.86 bits per heavy atom. The van der Waals surface area contributed by atoms with Crippen LogP contribution in [0.3, 0.4) is 0 Å². The summed E-state index contributed by atoms with van der Waals surface area (Å²) in [5.41, 5.74) is 0.386. The van der Waals surface area contributed by atoms with E-state index in [1.165, 1.54) is 29.2 Å². The average molecular weight is 307 g/mol. The molecule has 7 nitrogen and oxygen atoms in total. The van der Waals surface area contributed by atoms with Crippen LogP contribution in [0.15, 0.2) is 36.7 Å². The van der Waals surface area contributed by atoms with Gasteiger partial charge >= 0.3 is 5.97 Å². The molecule has 0 saturated heterocycles. The van der Waals surface area contributed by atoms with Gasteiger partial charge in [0.25, 0.3) is 0 Å². The summed E-state index contributed by atoms with van der Waals surface area (Å²) in [6.45, 7) is -0.262. The largest absolute Gasteiger partial charge is 0.490 e. The van der Waals surface area contributed by atoms with Gasteiger partial charge in [0.05, 0.1) is 24.9 Å². The molecule has 0 unspecified atom stereocenters. The number of carboxylic acids is 1. The molecule has 116 valence electrons. The molecule has 8 heteroatoms. The highest BCUT2D eigenvalue weighted by Crippen LogP contribution is 2.15. The topological polar surface area (TPSA) is 93.5 Å². The molecule has 0 atom stereocenters. The lowest BCUT2D eigenvalue weighted by Gasteiger charge is -2.06. The minimum atomic E-state index is -1.03. The molecule has 0 bridgehead atoms. The molecule has 0 saturated carbocycles. The Bertz CT molecular complexity index is 672. The minimum Gasteiger partial charge on any atom is -0.490 e. The molecule has 0 aliphatic heterocycles. The van der Waals surface area contributed by atoms with E-state index < -0.39 is 11.8 Å². The van der Waals surface area contributed by atoms with E-state index >= 15 is 0 Å². The van der Waals surface area contributed by atoms with E-state index in [9.17, 15) is 14.0 Å². The van der Waals surface area contributed by atoms with Gasteiger partial charge in [-0.05, 0) is 12.1 Å². The number of carboxylic acid groups (broad SMARTS) is 1. The Labute approximate surface area is 125 Å². The van der Waals surface area contributed by atoms with Gasteiger partial charge in [0.15, 0.2) is 11.6 Å². The number of hydrogen-bond acceptors (Lipinski definition) is 4. The normalized spacial score (nSPS) is 10.2. The van der Waals surface area contributed by atoms with E-state index in [0.29, 0.717) is 5.69 Å². The van der Waals surface area contributed by atoms with Crippen molar-refractivity contribution in [3.05, 3.63) is 42.5 Å². The first-order valence-corrected chi connectivity index (χ1v) is 6.46. The number of aliphatic carboxylic acids is 1. The number of aromatic nitrogens is 2. The van der Waals surface area contributed by atoms with Crippen molar-refractivity contribution >= 4 is 17.6 Å². The van der Waals surface area contributed by atoms with Crippen LogP contribution in [0.25, 0.3) is 0 Å². The third kappa shape index (κ3) is 4.58. The zero-order chi connectivity index (χ0) is 15.9. The van der Waals surface area contributed by atoms with Crippen LogP contribution >= 0.6 is 0 Å². The molecular weight excluding hydrogens is 293 g/mol. The fourth-order valence-corrected chi connectivity index (χ4v) is 1.69. The highest BCUT2D eigenvalue weighted by atomic mass is 19.1. The number of amides is 1. The third-order valence-electron chi connectivity index (χ3n) is 2.64. The maximum absolute atomic E-state index is 13.3. The van der Waals surface area contributed by atoms with Gasteiger partial charge in [0, 0.05) is 6.20 Å². The van der Waals surface area contributed by atoms with Gasteiger partial charge < -0.3 is 15.2 Å². The summed E-state index contributed by atoms with van der Waals surface area (Å²) in [5.74, 6) is -1.77. The lowest BCUT2D eigenvalue weighted by molar-refractivity contribution is -0.137. The monoisotopic (exact) mass is 307 g/mol. The zero-order valence-corrected chi connectivity index (χ0v) is 11.5. The van der Waals surface area contributed by atoms with Gasteiger partial charge in [-0.1, -0.05) is 12.1 Å². The first kappa shape index (κ1) is 15.5. The van der Waals surface area contributed by atoms with Crippen LogP contribution < -0.4 is 10.1 Å². The summed E-state index contributed by atoms with van der Waals surface area (Å²) in [6.07, 6.45) is 2.78. The fraction of sp³-hybridized carbons (Fsp3) is 0.214. The quantitative estimate of drug-likeness (QED) is 0.809. The molecule has 1 heterocycles. The molecule has 0 aliphatic rings. The number of benzene rings is 1. The zero-order valence-electron chi connectivity index (χ0n) is 11.5. The summed E-state index contributed by atoms with van der Waals surface area (Å²) in [4.78, 5) is 22.2. The molecule has 2 N–H and O–H groups in total. The van der Waals surface area contributed by atoms with Crippen molar-refractivity contribution in [3.63, 3.8) is 0 Å². The van der Waals surface area contributed by atoms with Crippen LogP contribution in [-0.4, -0.2) is 33.4 Å². The van der Waals surface area contributed by atoms with Crippen LogP contribution in [0, 0.1) is 5.82 Å². The van der Waals surface area contributed by atoms with Crippen molar-refractivity contribution in [3.8, 4) is 5.75 Å². The third-order valence-corrected chi connectivity index (χ3v) is 2.64. The molecule has 0 radical (unpaired) electrons. The highest BCUT2D eigenvalue weighted by Gasteiger charge is 2.08. The van der Waals surface area contributed by atoms with Gasteiger partial charge in [-0.3, -0.25) is 14.3 Å². The summed E-state index contributed by atoms with van der Waals surface area (Å²) in [6, 6.07) is 5.93. The van der Waals surface area contributed by atoms with E-state index in [2.05, 4.69) is 10.4 Å². The molecular formula is C14H14FN3O4. The maximum atomic E-state index is 13.3. The number of carbonyl (C=O) groups excluding carboxylic acids is 1. The Hall–Kier alpha value is -2.90. The highest BCUT2D eigenvalue weighted by molar-refractivity contribution is 5.90. The number of nitrogens with one attached hydrogen (secondary N) is 1. The fourth-order valence-electron chi connectivity index (χ4n) is 1.69. The number of anilines is 1. The number of hydrogen-bond donors (Lipinski definition) is 2. The second-order valence-corrected chi connectivity index (χ2v) is 4.40. The smallest absolute Gasteiger partial charge is 0.325 e. The van der Waals surface area contributed by atoms with Crippen LogP contribution in [0.5, 0.6) is 5.75 Å². The molecule has 2 rings (SSSR count). The van der Waals surface area contributed by atoms with E-state index in [-0.39, 0.29) is 31.2 Å². The van der Waals surface area contributed by atoms with Crippen molar-refractivity contribution in [2.24, 2.45) is 0 Å². The molecule has 0 fully saturated rings. The molecule has 0 aliphatic carbocycles. The van der Waals surface area contributed by atoms with Gasteiger partial charge in [0.1, 0.15) is 6.54 Å². The first-order valence-electron chi connectivity index (χ1n) is 6.46. The molecule has 0 spiro atoms. The second-order valence-electron chi connectivity index (χ2n) is 4.40. The van der Waals surface area contributed by atoms with Crippen LogP contribution in [0.1, 0.15) is 6.42 Å². The molecule has 1 aromatic carbocycles. The Balaban J connectivity index is 1.77. The number of carbonyl (C=O) groups is 2. The SMILES string of the molecule is O=C(O)Cn1cc(NC(=O)CCOc2ccccc2F)cn1. The summed E-state index contributed by atoms with van der Waals surface area (Å²) >= 11 is 0. The lowest BCUT2D eigenvalue weighted by Crippen LogP contribution is -2.15. The van der Waals surface area contributed by atoms with E-state index in [1.54, 1.807) is 12.1 Å². The maximum Gasteiger partial charge on any atom is 0.325 e. The molecule has 22 heavy (non-hydrogen) atoms. The van der Waals surface area contributed by atoms with Crippen molar-refractivity contribution in [2.45, 2.75) is 13.0 Å². The van der Waals surface area contributed by atoms with Crippen molar-refractivity contribution in [2.75, 3.05) is 11.9 Å². The summed E-state index contributed by atoms with van der Waals surface area (Å²) in [5, 5.41) is 14.9. The van der Waals surface area contributed by atoms with Crippen molar-refractivity contribution in [1.82, 2.24) is 9.78 Å². The van der Waals surface area contributed by atoms with E-state index in [4.69, 9.17) is 9.84 Å². The van der Waals surface area contributed by atoms with Crippen LogP contribution in [-0.2, 0) is 16.1 Å². The van der Waals surface area contributed by atoms with E-state index in [0.717, 1.165) is 0 Å². The summed E-state index contributed by atoms with van der Waals surface area (Å²) < 4.78 is 19.6. The Morgan fingerprint density at radius 1 is 1.36 bits per heavy atom. The van der Waals surface area contributed by atoms with E-state index in [1.807, 2.05) is 0 Å². The molecule has 2 aromatic rings. The minimum absolute atomic E-state index is 0.0238. The van der Waals surface area contributed by atoms with Gasteiger partial charge in [-0.15, -0.1) is 0 Å². The van der Waals surface area contributed by atoms with Gasteiger partial charge in [-0.2, -0.15) is 5.10 Å². The van der Waals surface area contributed by atoms with Crippen molar-refractivity contribution in [1.29, 1.82) is 0 Å². The number of para-hydroxylation sites is 1. The number of nitrogens with zero attached hydrogens (tertiary/aromatic N) is 2. The predicted octanol–water partition coefficient (Wildman–Crippen LogP) is 1.51. The summed E-state index contributed by atoms with van der Waals surface area (Å²) in [7, 11) is 0. The lowest BCUT2D eigenvalue weighted by atomic mass is 10.3. The van der Waals surface area contributed by atoms with Crippen LogP contribution in [0.4, 0.5) is 10.1 Å². The standard InChI is InChI=1S/C14H14FN3O4/c15-11-3-1-2-4-12(11)22-6-5-13(19)17-10-7-16-18(8-10)9-14(20)21/h1-4,7-8H,5-6,9H2,(H,17,19)(H,20,21). The van der Waals surface area contributed by atoms with Crippen molar-refractivity contribution < 1.29 is 23.8 Å². The van der Waals surface area contributed by atoms with Gasteiger partial charge in [0.2, 0.25) is 5.91 Å². The molecule has 1 amide bonds. The number of halogens is 1. The first-order chi connectivity index (χ1) is 10.5. The Kier molecular flexibility index (Phi) is 5.07. The van der Waals surface area contributed by atoms with Crippen LogP contribution in [0.2, 0.25) is 0 Å². The number of ether oxygens (including phenoxy) is 1. The predicted molar refractivity (Wildman–Crippen MR) is 75.0 cm³/mol. The van der Waals surface area contributed by atoms with Gasteiger partial charge in [-0.25, -0.2) is 4.39 Å². The molecule has 1 aromatic heterocycles. The number of rotatable bonds is 7. The average Bonchev–Trinajstić information content (AvgIpc) is 2.87. The second kappa shape index (κ2) is 7.21. The Morgan fingerprint density at radius 2 is 2.14 bits per heavy atom.